The molecule has 18 heavy (non-hydrogen) atoms. The van der Waals surface area contributed by atoms with Gasteiger partial charge in [-0.3, -0.25) is 4.57 Å². The summed E-state index contributed by atoms with van der Waals surface area (Å²) in [6, 6.07) is 3.95. The number of rotatable bonds is 2. The van der Waals surface area contributed by atoms with Crippen LogP contribution in [-0.4, -0.2) is 9.79 Å². The van der Waals surface area contributed by atoms with Crippen LogP contribution in [-0.2, 0) is 15.6 Å². The topological polar surface area (TPSA) is 57.5 Å². The summed E-state index contributed by atoms with van der Waals surface area (Å²) in [5, 5.41) is 0. The summed E-state index contributed by atoms with van der Waals surface area (Å²) in [5.41, 5.74) is -4.34. The first-order valence-electron chi connectivity index (χ1n) is 5.11. The molecule has 1 aromatic carbocycles. The second kappa shape index (κ2) is 4.67. The smallest absolute Gasteiger partial charge is 0.320 e. The molecule has 0 atom stereocenters. The number of hydrogen-bond acceptors (Lipinski definition) is 1. The molecule has 0 aliphatic heterocycles. The van der Waals surface area contributed by atoms with Gasteiger partial charge in [-0.15, -0.1) is 0 Å². The summed E-state index contributed by atoms with van der Waals surface area (Å²) < 4.78 is 37.9. The van der Waals surface area contributed by atoms with E-state index in [2.05, 4.69) is 15.9 Å². The molecule has 102 valence electrons. The van der Waals surface area contributed by atoms with Crippen molar-refractivity contribution in [1.29, 1.82) is 0 Å². The molecular weight excluding hydrogens is 329 g/mol. The maximum atomic E-state index is 13.6. The normalized spacial score (nSPS) is 13.8. The first kappa shape index (κ1) is 15.8. The van der Waals surface area contributed by atoms with Crippen molar-refractivity contribution in [2.24, 2.45) is 0 Å². The average molecular weight is 343 g/mol. The van der Waals surface area contributed by atoms with E-state index in [0.717, 1.165) is 11.6 Å². The molecule has 1 rings (SSSR count). The zero-order valence-corrected chi connectivity index (χ0v) is 12.6. The molecule has 0 unspecified atom stereocenters. The monoisotopic (exact) mass is 342 g/mol. The second-order valence-electron chi connectivity index (χ2n) is 5.03. The van der Waals surface area contributed by atoms with Crippen LogP contribution >= 0.6 is 23.5 Å². The van der Waals surface area contributed by atoms with Crippen LogP contribution in [0.3, 0.4) is 0 Å². The highest BCUT2D eigenvalue weighted by Crippen LogP contribution is 2.60. The molecule has 2 N–H and O–H groups in total. The van der Waals surface area contributed by atoms with Gasteiger partial charge in [0.15, 0.2) is 0 Å². The predicted molar refractivity (Wildman–Crippen MR) is 68.8 cm³/mol. The molecule has 0 saturated heterocycles. The van der Waals surface area contributed by atoms with Crippen molar-refractivity contribution in [2.45, 2.75) is 31.8 Å². The Balaban J connectivity index is 3.35. The minimum absolute atomic E-state index is 0.0109. The van der Waals surface area contributed by atoms with E-state index >= 15 is 0 Å². The molecule has 7 heteroatoms. The molecule has 3 nitrogen and oxygen atoms in total. The number of alkyl halides is 2. The van der Waals surface area contributed by atoms with E-state index in [1.54, 1.807) is 0 Å². The predicted octanol–water partition coefficient (Wildman–Crippen LogP) is 3.97. The third kappa shape index (κ3) is 2.99. The van der Waals surface area contributed by atoms with Crippen molar-refractivity contribution in [3.8, 4) is 0 Å². The lowest BCUT2D eigenvalue weighted by Crippen LogP contribution is -2.16. The van der Waals surface area contributed by atoms with Crippen molar-refractivity contribution in [3.05, 3.63) is 33.8 Å². The Labute approximate surface area is 113 Å². The summed E-state index contributed by atoms with van der Waals surface area (Å²) in [6.07, 6.45) is 0. The highest BCUT2D eigenvalue weighted by molar-refractivity contribution is 9.10. The second-order valence-corrected chi connectivity index (χ2v) is 7.53. The summed E-state index contributed by atoms with van der Waals surface area (Å²) >= 11 is 2.94. The van der Waals surface area contributed by atoms with E-state index in [4.69, 9.17) is 9.79 Å². The van der Waals surface area contributed by atoms with E-state index in [1.165, 1.54) is 12.1 Å². The minimum Gasteiger partial charge on any atom is -0.320 e. The first-order chi connectivity index (χ1) is 7.87. The van der Waals surface area contributed by atoms with Gasteiger partial charge in [0, 0.05) is 10.0 Å². The van der Waals surface area contributed by atoms with Gasteiger partial charge in [0.1, 0.15) is 0 Å². The number of halogens is 3. The minimum atomic E-state index is -5.54. The molecule has 0 spiro atoms. The Hall–Kier alpha value is -0.290. The summed E-state index contributed by atoms with van der Waals surface area (Å²) in [7, 11) is -5.54. The van der Waals surface area contributed by atoms with Crippen LogP contribution in [0.4, 0.5) is 8.78 Å². The fourth-order valence-electron chi connectivity index (χ4n) is 1.38. The zero-order chi connectivity index (χ0) is 14.4. The standard InChI is InChI=1S/C11H14BrF2O3P/c1-10(2,3)7-4-5-8(9(12)6-7)11(13,14)18(15,16)17/h4-6H,1-3H3,(H2,15,16,17). The van der Waals surface area contributed by atoms with E-state index < -0.39 is 18.8 Å². The molecule has 0 aliphatic rings. The highest BCUT2D eigenvalue weighted by atomic mass is 79.9. The lowest BCUT2D eigenvalue weighted by atomic mass is 9.87. The maximum absolute atomic E-state index is 13.6. The Morgan fingerprint density at radius 3 is 2.06 bits per heavy atom. The van der Waals surface area contributed by atoms with Crippen LogP contribution in [0, 0.1) is 0 Å². The van der Waals surface area contributed by atoms with Gasteiger partial charge in [0.2, 0.25) is 0 Å². The third-order valence-corrected chi connectivity index (χ3v) is 4.15. The van der Waals surface area contributed by atoms with Gasteiger partial charge in [-0.05, 0) is 17.0 Å². The van der Waals surface area contributed by atoms with Crippen molar-refractivity contribution < 1.29 is 23.1 Å². The summed E-state index contributed by atoms with van der Waals surface area (Å²) in [5.74, 6) is 0. The molecule has 0 bridgehead atoms. The fraction of sp³-hybridized carbons (Fsp3) is 0.455. The molecule has 0 aromatic heterocycles. The molecule has 0 fully saturated rings. The van der Waals surface area contributed by atoms with E-state index in [-0.39, 0.29) is 9.89 Å². The van der Waals surface area contributed by atoms with Crippen LogP contribution in [0.5, 0.6) is 0 Å². The Bertz CT molecular complexity index is 506. The number of hydrogen-bond donors (Lipinski definition) is 2. The quantitative estimate of drug-likeness (QED) is 0.799. The van der Waals surface area contributed by atoms with Crippen molar-refractivity contribution in [3.63, 3.8) is 0 Å². The van der Waals surface area contributed by atoms with Crippen molar-refractivity contribution in [1.82, 2.24) is 0 Å². The van der Waals surface area contributed by atoms with Crippen LogP contribution in [0.2, 0.25) is 0 Å². The molecule has 0 aliphatic carbocycles. The maximum Gasteiger partial charge on any atom is 0.399 e. The van der Waals surface area contributed by atoms with Gasteiger partial charge in [-0.25, -0.2) is 0 Å². The SMILES string of the molecule is CC(C)(C)c1ccc(C(F)(F)P(=O)(O)O)c(Br)c1. The molecule has 0 saturated carbocycles. The van der Waals surface area contributed by atoms with Gasteiger partial charge in [0.25, 0.3) is 0 Å². The van der Waals surface area contributed by atoms with Crippen LogP contribution in [0.1, 0.15) is 31.9 Å². The van der Waals surface area contributed by atoms with Gasteiger partial charge in [0.05, 0.1) is 0 Å². The van der Waals surface area contributed by atoms with Crippen molar-refractivity contribution in [2.75, 3.05) is 0 Å². The highest BCUT2D eigenvalue weighted by Gasteiger charge is 2.51. The van der Waals surface area contributed by atoms with E-state index in [1.807, 2.05) is 20.8 Å². The van der Waals surface area contributed by atoms with Crippen LogP contribution in [0.15, 0.2) is 22.7 Å². The summed E-state index contributed by atoms with van der Waals surface area (Å²) in [6.45, 7) is 5.74. The fourth-order valence-corrected chi connectivity index (χ4v) is 2.67. The number of benzene rings is 1. The Morgan fingerprint density at radius 1 is 1.22 bits per heavy atom. The average Bonchev–Trinajstić information content (AvgIpc) is 2.13. The van der Waals surface area contributed by atoms with Gasteiger partial charge >= 0.3 is 13.3 Å². The van der Waals surface area contributed by atoms with Crippen LogP contribution < -0.4 is 0 Å². The lowest BCUT2D eigenvalue weighted by molar-refractivity contribution is 0.0557. The van der Waals surface area contributed by atoms with Gasteiger partial charge < -0.3 is 9.79 Å². The first-order valence-corrected chi connectivity index (χ1v) is 7.52. The Morgan fingerprint density at radius 2 is 1.72 bits per heavy atom. The molecule has 1 aromatic rings. The van der Waals surface area contributed by atoms with Gasteiger partial charge in [-0.1, -0.05) is 48.8 Å². The van der Waals surface area contributed by atoms with Crippen molar-refractivity contribution >= 4 is 23.5 Å². The zero-order valence-electron chi connectivity index (χ0n) is 10.1. The molecular formula is C11H14BrF2O3P. The largest absolute Gasteiger partial charge is 0.399 e. The molecule has 0 amide bonds. The molecule has 0 heterocycles. The molecule has 0 radical (unpaired) electrons. The third-order valence-electron chi connectivity index (χ3n) is 2.52. The van der Waals surface area contributed by atoms with Crippen LogP contribution in [0.25, 0.3) is 0 Å². The van der Waals surface area contributed by atoms with Gasteiger partial charge in [-0.2, -0.15) is 8.78 Å². The van der Waals surface area contributed by atoms with E-state index in [9.17, 15) is 13.3 Å². The van der Waals surface area contributed by atoms with E-state index in [0.29, 0.717) is 0 Å². The summed E-state index contributed by atoms with van der Waals surface area (Å²) in [4.78, 5) is 17.4. The Kier molecular flexibility index (Phi) is 4.09. The lowest BCUT2D eigenvalue weighted by Gasteiger charge is -2.23.